The molecule has 2 N–H and O–H groups in total. The van der Waals surface area contributed by atoms with Gasteiger partial charge in [-0.3, -0.25) is 4.79 Å². The van der Waals surface area contributed by atoms with Crippen molar-refractivity contribution in [3.05, 3.63) is 11.9 Å². The Morgan fingerprint density at radius 2 is 2.26 bits per heavy atom. The molecule has 1 fully saturated rings. The molecule has 0 saturated carbocycles. The van der Waals surface area contributed by atoms with E-state index < -0.39 is 0 Å². The Morgan fingerprint density at radius 3 is 3.00 bits per heavy atom. The third kappa shape index (κ3) is 3.13. The van der Waals surface area contributed by atoms with Crippen molar-refractivity contribution in [2.75, 3.05) is 36.4 Å². The van der Waals surface area contributed by atoms with E-state index >= 15 is 0 Å². The number of nitrogens with one attached hydrogen (secondary N) is 2. The van der Waals surface area contributed by atoms with Crippen molar-refractivity contribution >= 4 is 17.5 Å². The lowest BCUT2D eigenvalue weighted by atomic mass is 10.2. The third-order valence-electron chi connectivity index (χ3n) is 3.18. The first kappa shape index (κ1) is 13.6. The van der Waals surface area contributed by atoms with Crippen LogP contribution in [0.4, 0.5) is 11.6 Å². The lowest BCUT2D eigenvalue weighted by molar-refractivity contribution is -0.119. The first-order chi connectivity index (χ1) is 9.26. The fourth-order valence-corrected chi connectivity index (χ4v) is 2.31. The molecule has 6 heteroatoms. The van der Waals surface area contributed by atoms with Gasteiger partial charge in [-0.05, 0) is 19.8 Å². The third-order valence-corrected chi connectivity index (χ3v) is 3.18. The minimum atomic E-state index is 0.0585. The first-order valence-electron chi connectivity index (χ1n) is 6.85. The Balaban J connectivity index is 2.31. The average molecular weight is 263 g/mol. The van der Waals surface area contributed by atoms with Crippen LogP contribution in [0, 0.1) is 0 Å². The van der Waals surface area contributed by atoms with Crippen LogP contribution in [0.2, 0.25) is 0 Å². The molecule has 0 aromatic carbocycles. The lowest BCUT2D eigenvalue weighted by Crippen LogP contribution is -2.34. The van der Waals surface area contributed by atoms with Crippen LogP contribution in [0.25, 0.3) is 0 Å². The molecule has 1 amide bonds. The van der Waals surface area contributed by atoms with Crippen LogP contribution >= 0.6 is 0 Å². The minimum Gasteiger partial charge on any atom is -0.370 e. The molecule has 104 valence electrons. The highest BCUT2D eigenvalue weighted by Crippen LogP contribution is 2.24. The van der Waals surface area contributed by atoms with Crippen molar-refractivity contribution in [2.24, 2.45) is 0 Å². The van der Waals surface area contributed by atoms with Crippen LogP contribution in [-0.4, -0.2) is 42.1 Å². The van der Waals surface area contributed by atoms with Gasteiger partial charge >= 0.3 is 0 Å². The zero-order valence-electron chi connectivity index (χ0n) is 11.6. The summed E-state index contributed by atoms with van der Waals surface area (Å²) in [7, 11) is 0. The second-order valence-electron chi connectivity index (χ2n) is 4.53. The maximum Gasteiger partial charge on any atom is 0.239 e. The Morgan fingerprint density at radius 1 is 1.42 bits per heavy atom. The Bertz CT molecular complexity index is 449. The van der Waals surface area contributed by atoms with Crippen molar-refractivity contribution in [1.82, 2.24) is 15.3 Å². The largest absolute Gasteiger partial charge is 0.370 e. The molecule has 0 unspecified atom stereocenters. The van der Waals surface area contributed by atoms with Crippen LogP contribution in [-0.2, 0) is 11.2 Å². The SMILES string of the molecule is CCNc1ncnc(N2CCCNC(=O)C2)c1CC. The van der Waals surface area contributed by atoms with Gasteiger partial charge < -0.3 is 15.5 Å². The number of amides is 1. The van der Waals surface area contributed by atoms with Crippen LogP contribution in [0.3, 0.4) is 0 Å². The van der Waals surface area contributed by atoms with Crippen LogP contribution in [0.5, 0.6) is 0 Å². The van der Waals surface area contributed by atoms with E-state index in [1.54, 1.807) is 6.33 Å². The monoisotopic (exact) mass is 263 g/mol. The van der Waals surface area contributed by atoms with Gasteiger partial charge in [0.2, 0.25) is 5.91 Å². The van der Waals surface area contributed by atoms with E-state index in [1.807, 2.05) is 11.8 Å². The molecule has 2 rings (SSSR count). The zero-order valence-corrected chi connectivity index (χ0v) is 11.6. The van der Waals surface area contributed by atoms with Crippen LogP contribution in [0.15, 0.2) is 6.33 Å². The van der Waals surface area contributed by atoms with Crippen LogP contribution in [0.1, 0.15) is 25.8 Å². The van der Waals surface area contributed by atoms with Gasteiger partial charge in [0.1, 0.15) is 18.0 Å². The molecule has 2 heterocycles. The summed E-state index contributed by atoms with van der Waals surface area (Å²) in [5.74, 6) is 1.81. The highest BCUT2D eigenvalue weighted by molar-refractivity contribution is 5.82. The molecule has 19 heavy (non-hydrogen) atoms. The number of hydrogen-bond acceptors (Lipinski definition) is 5. The summed E-state index contributed by atoms with van der Waals surface area (Å²) < 4.78 is 0. The van der Waals surface area contributed by atoms with Gasteiger partial charge in [0, 0.05) is 25.2 Å². The highest BCUT2D eigenvalue weighted by atomic mass is 16.2. The van der Waals surface area contributed by atoms with E-state index in [0.29, 0.717) is 6.54 Å². The molecule has 0 radical (unpaired) electrons. The molecule has 1 aromatic heterocycles. The van der Waals surface area contributed by atoms with E-state index in [2.05, 4.69) is 27.5 Å². The molecule has 6 nitrogen and oxygen atoms in total. The van der Waals surface area contributed by atoms with Gasteiger partial charge in [-0.1, -0.05) is 6.92 Å². The number of carbonyl (C=O) groups is 1. The smallest absolute Gasteiger partial charge is 0.239 e. The summed E-state index contributed by atoms with van der Waals surface area (Å²) in [5.41, 5.74) is 1.08. The predicted molar refractivity (Wildman–Crippen MR) is 75.4 cm³/mol. The van der Waals surface area contributed by atoms with Crippen molar-refractivity contribution in [3.63, 3.8) is 0 Å². The average Bonchev–Trinajstić information content (AvgIpc) is 2.63. The minimum absolute atomic E-state index is 0.0585. The van der Waals surface area contributed by atoms with Gasteiger partial charge in [0.25, 0.3) is 0 Å². The van der Waals surface area contributed by atoms with Crippen molar-refractivity contribution < 1.29 is 4.79 Å². The summed E-state index contributed by atoms with van der Waals surface area (Å²) >= 11 is 0. The molecule has 0 bridgehead atoms. The standard InChI is InChI=1S/C13H21N5O/c1-3-10-12(14-4-2)16-9-17-13(10)18-7-5-6-15-11(19)8-18/h9H,3-8H2,1-2H3,(H,15,19)(H,14,16,17). The normalized spacial score (nSPS) is 15.9. The van der Waals surface area contributed by atoms with E-state index in [9.17, 15) is 4.79 Å². The topological polar surface area (TPSA) is 70.2 Å². The maximum absolute atomic E-state index is 11.7. The lowest BCUT2D eigenvalue weighted by Gasteiger charge is -2.23. The number of nitrogens with zero attached hydrogens (tertiary/aromatic N) is 3. The number of aromatic nitrogens is 2. The zero-order chi connectivity index (χ0) is 13.7. The first-order valence-corrected chi connectivity index (χ1v) is 6.85. The van der Waals surface area contributed by atoms with Crippen LogP contribution < -0.4 is 15.5 Å². The number of hydrogen-bond donors (Lipinski definition) is 2. The van der Waals surface area contributed by atoms with E-state index in [0.717, 1.165) is 49.7 Å². The van der Waals surface area contributed by atoms with E-state index in [-0.39, 0.29) is 5.91 Å². The van der Waals surface area contributed by atoms with Crippen molar-refractivity contribution in [3.8, 4) is 0 Å². The Hall–Kier alpha value is -1.85. The molecular weight excluding hydrogens is 242 g/mol. The predicted octanol–water partition coefficient (Wildman–Crippen LogP) is 0.797. The molecule has 0 aliphatic carbocycles. The summed E-state index contributed by atoms with van der Waals surface area (Å²) in [6.07, 6.45) is 3.35. The van der Waals surface area contributed by atoms with Gasteiger partial charge in [0.15, 0.2) is 0 Å². The van der Waals surface area contributed by atoms with Gasteiger partial charge in [-0.15, -0.1) is 0 Å². The van der Waals surface area contributed by atoms with Crippen molar-refractivity contribution in [1.29, 1.82) is 0 Å². The van der Waals surface area contributed by atoms with Gasteiger partial charge in [-0.2, -0.15) is 0 Å². The summed E-state index contributed by atoms with van der Waals surface area (Å²) in [5, 5.41) is 6.14. The number of anilines is 2. The summed E-state index contributed by atoms with van der Waals surface area (Å²) in [4.78, 5) is 22.4. The fraction of sp³-hybridized carbons (Fsp3) is 0.615. The number of carbonyl (C=O) groups excluding carboxylic acids is 1. The van der Waals surface area contributed by atoms with E-state index in [4.69, 9.17) is 0 Å². The molecule has 0 spiro atoms. The maximum atomic E-state index is 11.7. The van der Waals surface area contributed by atoms with Gasteiger partial charge in [0.05, 0.1) is 6.54 Å². The second-order valence-corrected chi connectivity index (χ2v) is 4.53. The number of rotatable bonds is 4. The molecule has 1 aliphatic heterocycles. The Kier molecular flexibility index (Phi) is 4.54. The summed E-state index contributed by atoms with van der Waals surface area (Å²) in [6.45, 7) is 6.90. The molecule has 1 aromatic rings. The van der Waals surface area contributed by atoms with Crippen molar-refractivity contribution in [2.45, 2.75) is 26.7 Å². The second kappa shape index (κ2) is 6.36. The fourth-order valence-electron chi connectivity index (χ4n) is 2.31. The van der Waals surface area contributed by atoms with E-state index in [1.165, 1.54) is 0 Å². The Labute approximate surface area is 113 Å². The molecule has 1 saturated heterocycles. The molecular formula is C13H21N5O. The molecule has 0 atom stereocenters. The quantitative estimate of drug-likeness (QED) is 0.840. The van der Waals surface area contributed by atoms with Gasteiger partial charge in [-0.25, -0.2) is 9.97 Å². The highest BCUT2D eigenvalue weighted by Gasteiger charge is 2.20. The molecule has 1 aliphatic rings. The summed E-state index contributed by atoms with van der Waals surface area (Å²) in [6, 6.07) is 0.